The molecular weight excluding hydrogens is 268 g/mol. The van der Waals surface area contributed by atoms with Crippen molar-refractivity contribution in [1.82, 2.24) is 0 Å². The first-order chi connectivity index (χ1) is 7.13. The molecule has 0 aliphatic heterocycles. The molecule has 0 spiro atoms. The molecule has 2 N–H and O–H groups in total. The van der Waals surface area contributed by atoms with Crippen molar-refractivity contribution in [2.24, 2.45) is 5.73 Å². The zero-order valence-corrected chi connectivity index (χ0v) is 9.64. The van der Waals surface area contributed by atoms with Crippen molar-refractivity contribution >= 4 is 15.9 Å². The van der Waals surface area contributed by atoms with Crippen LogP contribution in [0.4, 0.5) is 8.78 Å². The normalized spacial score (nSPS) is 11.0. The standard InChI is InChI=1S/C10H12BrF2NO/c11-9-3-7(4-14)1-2-8(9)5-15-6-10(12)13/h1-3,10H,4-6,14H2. The lowest BCUT2D eigenvalue weighted by atomic mass is 10.1. The zero-order chi connectivity index (χ0) is 11.3. The maximum Gasteiger partial charge on any atom is 0.261 e. The molecule has 1 aromatic carbocycles. The van der Waals surface area contributed by atoms with Gasteiger partial charge >= 0.3 is 0 Å². The molecule has 2 nitrogen and oxygen atoms in total. The van der Waals surface area contributed by atoms with Gasteiger partial charge in [-0.25, -0.2) is 8.78 Å². The van der Waals surface area contributed by atoms with Gasteiger partial charge in [0.05, 0.1) is 6.61 Å². The van der Waals surface area contributed by atoms with Crippen LogP contribution in [-0.2, 0) is 17.9 Å². The van der Waals surface area contributed by atoms with Gasteiger partial charge in [0.15, 0.2) is 0 Å². The van der Waals surface area contributed by atoms with Gasteiger partial charge in [-0.05, 0) is 17.2 Å². The Balaban J connectivity index is 2.54. The first kappa shape index (κ1) is 12.5. The van der Waals surface area contributed by atoms with Crippen molar-refractivity contribution < 1.29 is 13.5 Å². The Labute approximate surface area is 95.5 Å². The smallest absolute Gasteiger partial charge is 0.261 e. The number of benzene rings is 1. The quantitative estimate of drug-likeness (QED) is 0.900. The average Bonchev–Trinajstić information content (AvgIpc) is 2.20. The minimum absolute atomic E-state index is 0.176. The SMILES string of the molecule is NCc1ccc(COCC(F)F)c(Br)c1. The summed E-state index contributed by atoms with van der Waals surface area (Å²) in [5.74, 6) is 0. The Kier molecular flexibility index (Phi) is 5.14. The van der Waals surface area contributed by atoms with Crippen molar-refractivity contribution in [3.63, 3.8) is 0 Å². The summed E-state index contributed by atoms with van der Waals surface area (Å²) >= 11 is 3.33. The summed E-state index contributed by atoms with van der Waals surface area (Å²) in [7, 11) is 0. The molecule has 1 rings (SSSR count). The summed E-state index contributed by atoms with van der Waals surface area (Å²) < 4.78 is 29.3. The van der Waals surface area contributed by atoms with Crippen molar-refractivity contribution in [2.45, 2.75) is 19.6 Å². The number of ether oxygens (including phenoxy) is 1. The summed E-state index contributed by atoms with van der Waals surface area (Å²) in [6.07, 6.45) is -2.42. The minimum Gasteiger partial charge on any atom is -0.371 e. The van der Waals surface area contributed by atoms with Crippen LogP contribution in [0.25, 0.3) is 0 Å². The number of hydrogen-bond acceptors (Lipinski definition) is 2. The monoisotopic (exact) mass is 279 g/mol. The Hall–Kier alpha value is -0.520. The van der Waals surface area contributed by atoms with E-state index >= 15 is 0 Å². The van der Waals surface area contributed by atoms with E-state index in [0.29, 0.717) is 6.54 Å². The predicted molar refractivity (Wildman–Crippen MR) is 57.7 cm³/mol. The topological polar surface area (TPSA) is 35.2 Å². The molecule has 0 heterocycles. The van der Waals surface area contributed by atoms with E-state index in [1.165, 1.54) is 0 Å². The molecule has 0 aliphatic rings. The molecule has 84 valence electrons. The molecule has 0 unspecified atom stereocenters. The second kappa shape index (κ2) is 6.15. The number of rotatable bonds is 5. The lowest BCUT2D eigenvalue weighted by Gasteiger charge is -2.07. The molecule has 5 heteroatoms. The van der Waals surface area contributed by atoms with Crippen LogP contribution in [-0.4, -0.2) is 13.0 Å². The summed E-state index contributed by atoms with van der Waals surface area (Å²) in [5.41, 5.74) is 7.28. The Bertz CT molecular complexity index is 320. The van der Waals surface area contributed by atoms with Crippen molar-refractivity contribution in [3.8, 4) is 0 Å². The third kappa shape index (κ3) is 4.24. The molecule has 0 aromatic heterocycles. The van der Waals surface area contributed by atoms with E-state index in [9.17, 15) is 8.78 Å². The summed E-state index contributed by atoms with van der Waals surface area (Å²) in [5, 5.41) is 0. The summed E-state index contributed by atoms with van der Waals surface area (Å²) in [4.78, 5) is 0. The van der Waals surface area contributed by atoms with Crippen molar-refractivity contribution in [3.05, 3.63) is 33.8 Å². The van der Waals surface area contributed by atoms with Crippen LogP contribution in [0.15, 0.2) is 22.7 Å². The van der Waals surface area contributed by atoms with E-state index in [4.69, 9.17) is 10.5 Å². The lowest BCUT2D eigenvalue weighted by Crippen LogP contribution is -2.05. The van der Waals surface area contributed by atoms with Gasteiger partial charge in [-0.15, -0.1) is 0 Å². The van der Waals surface area contributed by atoms with Crippen LogP contribution in [0.1, 0.15) is 11.1 Å². The summed E-state index contributed by atoms with van der Waals surface area (Å²) in [6, 6.07) is 5.53. The molecule has 0 fully saturated rings. The first-order valence-electron chi connectivity index (χ1n) is 4.46. The van der Waals surface area contributed by atoms with Crippen LogP contribution >= 0.6 is 15.9 Å². The highest BCUT2D eigenvalue weighted by molar-refractivity contribution is 9.10. The van der Waals surface area contributed by atoms with Gasteiger partial charge in [-0.3, -0.25) is 0 Å². The molecule has 1 aromatic rings. The summed E-state index contributed by atoms with van der Waals surface area (Å²) in [6.45, 7) is 0.0949. The van der Waals surface area contributed by atoms with Crippen molar-refractivity contribution in [2.75, 3.05) is 6.61 Å². The fourth-order valence-corrected chi connectivity index (χ4v) is 1.63. The maximum absolute atomic E-state index is 11.8. The Morgan fingerprint density at radius 3 is 2.67 bits per heavy atom. The number of nitrogens with two attached hydrogens (primary N) is 1. The average molecular weight is 280 g/mol. The molecule has 0 bridgehead atoms. The van der Waals surface area contributed by atoms with Gasteiger partial charge in [0.1, 0.15) is 6.61 Å². The zero-order valence-electron chi connectivity index (χ0n) is 8.05. The Morgan fingerprint density at radius 1 is 1.40 bits per heavy atom. The molecule has 0 amide bonds. The molecule has 0 saturated carbocycles. The number of halogens is 3. The molecular formula is C10H12BrF2NO. The van der Waals surface area contributed by atoms with E-state index in [1.54, 1.807) is 0 Å². The van der Waals surface area contributed by atoms with Crippen LogP contribution < -0.4 is 5.73 Å². The van der Waals surface area contributed by atoms with Crippen LogP contribution in [0.3, 0.4) is 0 Å². The van der Waals surface area contributed by atoms with Gasteiger partial charge in [0.25, 0.3) is 6.43 Å². The molecule has 0 radical (unpaired) electrons. The largest absolute Gasteiger partial charge is 0.371 e. The Morgan fingerprint density at radius 2 is 2.13 bits per heavy atom. The second-order valence-electron chi connectivity index (χ2n) is 3.04. The van der Waals surface area contributed by atoms with Crippen LogP contribution in [0.2, 0.25) is 0 Å². The van der Waals surface area contributed by atoms with Crippen LogP contribution in [0.5, 0.6) is 0 Å². The highest BCUT2D eigenvalue weighted by atomic mass is 79.9. The van der Waals surface area contributed by atoms with Crippen LogP contribution in [0, 0.1) is 0 Å². The fraction of sp³-hybridized carbons (Fsp3) is 0.400. The van der Waals surface area contributed by atoms with E-state index in [1.807, 2.05) is 18.2 Å². The third-order valence-corrected chi connectivity index (χ3v) is 2.59. The highest BCUT2D eigenvalue weighted by Gasteiger charge is 2.04. The van der Waals surface area contributed by atoms with Crippen molar-refractivity contribution in [1.29, 1.82) is 0 Å². The number of hydrogen-bond donors (Lipinski definition) is 1. The van der Waals surface area contributed by atoms with Gasteiger partial charge in [0, 0.05) is 11.0 Å². The number of alkyl halides is 2. The highest BCUT2D eigenvalue weighted by Crippen LogP contribution is 2.19. The second-order valence-corrected chi connectivity index (χ2v) is 3.89. The van der Waals surface area contributed by atoms with E-state index in [-0.39, 0.29) is 6.61 Å². The van der Waals surface area contributed by atoms with Gasteiger partial charge in [-0.2, -0.15) is 0 Å². The van der Waals surface area contributed by atoms with Gasteiger partial charge in [-0.1, -0.05) is 28.1 Å². The molecule has 0 saturated heterocycles. The van der Waals surface area contributed by atoms with Gasteiger partial charge < -0.3 is 10.5 Å². The third-order valence-electron chi connectivity index (χ3n) is 1.85. The van der Waals surface area contributed by atoms with E-state index in [2.05, 4.69) is 15.9 Å². The minimum atomic E-state index is -2.42. The lowest BCUT2D eigenvalue weighted by molar-refractivity contribution is 0.00970. The molecule has 0 atom stereocenters. The molecule has 0 aliphatic carbocycles. The fourth-order valence-electron chi connectivity index (χ4n) is 1.09. The van der Waals surface area contributed by atoms with E-state index < -0.39 is 13.0 Å². The maximum atomic E-state index is 11.8. The van der Waals surface area contributed by atoms with E-state index in [0.717, 1.165) is 15.6 Å². The van der Waals surface area contributed by atoms with Gasteiger partial charge in [0.2, 0.25) is 0 Å². The molecule has 15 heavy (non-hydrogen) atoms. The predicted octanol–water partition coefficient (Wildman–Crippen LogP) is 2.69. The first-order valence-corrected chi connectivity index (χ1v) is 5.26.